The van der Waals surface area contributed by atoms with Crippen molar-refractivity contribution in [3.05, 3.63) is 0 Å². The summed E-state index contributed by atoms with van der Waals surface area (Å²) in [6, 6.07) is 0. The molecule has 2 heteroatoms. The maximum Gasteiger partial charge on any atom is 0.0393 e. The average Bonchev–Trinajstić information content (AvgIpc) is 1.32. The molecule has 0 aromatic rings. The lowest BCUT2D eigenvalue weighted by molar-refractivity contribution is 1.83. The lowest BCUT2D eigenvalue weighted by Crippen LogP contribution is -2.10. The lowest BCUT2D eigenvalue weighted by atomic mass is 11.8. The fourth-order valence-corrected chi connectivity index (χ4v) is 0. The fourth-order valence-electron chi connectivity index (χ4n) is 0. The van der Waals surface area contributed by atoms with Crippen LogP contribution in [0, 0.1) is 0 Å². The predicted octanol–water partition coefficient (Wildman–Crippen LogP) is 1.77. The van der Waals surface area contributed by atoms with Gasteiger partial charge in [-0.3, -0.25) is 9.16 Å². The van der Waals surface area contributed by atoms with Gasteiger partial charge in [0.2, 0.25) is 0 Å². The molecule has 0 heterocycles. The number of thiol groups is 1. The summed E-state index contributed by atoms with van der Waals surface area (Å²) in [6.45, 7) is 0. The van der Waals surface area contributed by atoms with Gasteiger partial charge in [-0.1, -0.05) is 0 Å². The van der Waals surface area contributed by atoms with E-state index in [9.17, 15) is 0 Å². The van der Waals surface area contributed by atoms with E-state index in [1.807, 2.05) is 0 Å². The molecule has 0 atom stereocenters. The van der Waals surface area contributed by atoms with Gasteiger partial charge in [-0.25, -0.2) is 0 Å². The molecule has 0 aromatic carbocycles. The monoisotopic (exact) mass is 142 g/mol. The van der Waals surface area contributed by atoms with Crippen LogP contribution in [0.5, 0.6) is 0 Å². The largest absolute Gasteiger partial charge is 0.281 e. The van der Waals surface area contributed by atoms with E-state index in [1.54, 1.807) is 0 Å². The first-order valence-electron chi connectivity index (χ1n) is 2.37. The summed E-state index contributed by atoms with van der Waals surface area (Å²) >= 11 is 5.68. The minimum absolute atomic E-state index is 0.839. The maximum absolute atomic E-state index is 5.68. The number of hydrogen-bond acceptors (Lipinski definition) is 0. The zero-order valence-electron chi connectivity index (χ0n) is 5.53. The molecule has 7 heavy (non-hydrogen) atoms. The molecule has 0 radical (unpaired) electrons. The van der Waals surface area contributed by atoms with Crippen molar-refractivity contribution in [2.75, 3.05) is 30.2 Å². The van der Waals surface area contributed by atoms with Crippen molar-refractivity contribution >= 4 is 20.8 Å². The Morgan fingerprint density at radius 1 is 1.14 bits per heavy atom. The third-order valence-electron chi connectivity index (χ3n) is 0.478. The van der Waals surface area contributed by atoms with Crippen molar-refractivity contribution in [1.82, 2.24) is 0 Å². The van der Waals surface area contributed by atoms with Gasteiger partial charge in [0.25, 0.3) is 0 Å². The van der Waals surface area contributed by atoms with Crippen LogP contribution >= 0.6 is 20.8 Å². The molecule has 0 saturated heterocycles. The maximum atomic E-state index is 5.68. The Morgan fingerprint density at radius 2 is 1.29 bits per heavy atom. The molecule has 0 aliphatic carbocycles. The Morgan fingerprint density at radius 3 is 1.29 bits per heavy atom. The van der Waals surface area contributed by atoms with Gasteiger partial charge in [0.15, 0.2) is 0 Å². The highest BCUT2D eigenvalue weighted by molar-refractivity contribution is 8.48. The molecule has 0 aliphatic heterocycles. The molecule has 0 spiro atoms. The van der Waals surface area contributed by atoms with E-state index in [2.05, 4.69) is 25.0 Å². The fraction of sp³-hybridized carbons (Fsp3) is 1.00. The minimum atomic E-state index is -1.31. The summed E-state index contributed by atoms with van der Waals surface area (Å²) in [5, 5.41) is 0.839. The Kier molecular flexibility index (Phi) is 1.70. The van der Waals surface area contributed by atoms with Crippen molar-refractivity contribution in [1.29, 1.82) is 0 Å². The molecular formula is C5H15ClS. The Labute approximate surface area is 51.5 Å². The molecule has 0 aromatic heterocycles. The molecule has 0 amide bonds. The zero-order chi connectivity index (χ0) is 6.15. The van der Waals surface area contributed by atoms with E-state index >= 15 is 0 Å². The van der Waals surface area contributed by atoms with Gasteiger partial charge in [0.05, 0.1) is 0 Å². The SMILES string of the molecule is C[SH](C)(C)(C)CCl. The zero-order valence-corrected chi connectivity index (χ0v) is 7.18. The summed E-state index contributed by atoms with van der Waals surface area (Å²) in [5.41, 5.74) is 0. The normalized spacial score (nSPS) is 18.1. The molecule has 0 unspecified atom stereocenters. The number of hydrogen-bond donors (Lipinski definition) is 1. The molecule has 0 fully saturated rings. The van der Waals surface area contributed by atoms with Crippen molar-refractivity contribution < 1.29 is 0 Å². The first kappa shape index (κ1) is 7.64. The topological polar surface area (TPSA) is 0 Å². The average molecular weight is 143 g/mol. The van der Waals surface area contributed by atoms with Crippen LogP contribution in [0.15, 0.2) is 0 Å². The van der Waals surface area contributed by atoms with Crippen molar-refractivity contribution in [2.45, 2.75) is 0 Å². The summed E-state index contributed by atoms with van der Waals surface area (Å²) in [4.78, 5) is 0. The molecule has 0 bridgehead atoms. The van der Waals surface area contributed by atoms with E-state index in [4.69, 9.17) is 11.6 Å². The van der Waals surface area contributed by atoms with Crippen LogP contribution in [0.25, 0.3) is 0 Å². The summed E-state index contributed by atoms with van der Waals surface area (Å²) in [7, 11) is -1.31. The highest BCUT2D eigenvalue weighted by Crippen LogP contribution is 2.55. The second kappa shape index (κ2) is 1.56. The first-order chi connectivity index (χ1) is 2.81. The third kappa shape index (κ3) is 6.64. The molecule has 0 nitrogen and oxygen atoms in total. The van der Waals surface area contributed by atoms with Gasteiger partial charge in [0, 0.05) is 5.21 Å². The smallest absolute Gasteiger partial charge is 0.0393 e. The number of alkyl halides is 1. The second-order valence-corrected chi connectivity index (χ2v) is 12.9. The van der Waals surface area contributed by atoms with Gasteiger partial charge < -0.3 is 0 Å². The van der Waals surface area contributed by atoms with Gasteiger partial charge >= 0.3 is 0 Å². The molecule has 0 N–H and O–H groups in total. The van der Waals surface area contributed by atoms with Crippen molar-refractivity contribution in [2.24, 2.45) is 0 Å². The van der Waals surface area contributed by atoms with Crippen LogP contribution in [0.1, 0.15) is 0 Å². The highest BCUT2D eigenvalue weighted by atomic mass is 35.5. The van der Waals surface area contributed by atoms with Crippen LogP contribution < -0.4 is 0 Å². The van der Waals surface area contributed by atoms with E-state index in [1.165, 1.54) is 0 Å². The Hall–Kier alpha value is 0.640. The quantitative estimate of drug-likeness (QED) is 0.419. The molecule has 0 aliphatic rings. The van der Waals surface area contributed by atoms with Crippen LogP contribution in [0.4, 0.5) is 0 Å². The van der Waals surface area contributed by atoms with E-state index in [0.717, 1.165) is 5.21 Å². The Balaban J connectivity index is 3.83. The van der Waals surface area contributed by atoms with Gasteiger partial charge in [-0.15, -0.1) is 11.6 Å². The summed E-state index contributed by atoms with van der Waals surface area (Å²) < 4.78 is 0. The van der Waals surface area contributed by atoms with Crippen LogP contribution in [-0.4, -0.2) is 30.2 Å². The first-order valence-corrected chi connectivity index (χ1v) is 7.12. The molecular weight excluding hydrogens is 128 g/mol. The van der Waals surface area contributed by atoms with Crippen molar-refractivity contribution in [3.8, 4) is 0 Å². The van der Waals surface area contributed by atoms with E-state index in [-0.39, 0.29) is 0 Å². The van der Waals surface area contributed by atoms with Crippen LogP contribution in [0.3, 0.4) is 0 Å². The molecule has 0 saturated carbocycles. The highest BCUT2D eigenvalue weighted by Gasteiger charge is 2.15. The summed E-state index contributed by atoms with van der Waals surface area (Å²) in [6.07, 6.45) is 9.05. The number of rotatable bonds is 1. The molecule has 48 valence electrons. The van der Waals surface area contributed by atoms with Crippen molar-refractivity contribution in [3.63, 3.8) is 0 Å². The number of halogens is 1. The third-order valence-corrected chi connectivity index (χ3v) is 4.30. The predicted molar refractivity (Wildman–Crippen MR) is 43.4 cm³/mol. The van der Waals surface area contributed by atoms with Gasteiger partial charge in [0.1, 0.15) is 0 Å². The van der Waals surface area contributed by atoms with Gasteiger partial charge in [-0.2, -0.15) is 0 Å². The molecule has 0 rings (SSSR count). The Bertz CT molecular complexity index is 60.6. The minimum Gasteiger partial charge on any atom is -0.281 e. The van der Waals surface area contributed by atoms with Gasteiger partial charge in [-0.05, 0) is 25.0 Å². The van der Waals surface area contributed by atoms with E-state index in [0.29, 0.717) is 0 Å². The standard InChI is InChI=1S/C5H15ClS/c1-7(2,3,4)5-6/h7H,5H2,1-4H3. The summed E-state index contributed by atoms with van der Waals surface area (Å²) in [5.74, 6) is 0. The van der Waals surface area contributed by atoms with Crippen LogP contribution in [0.2, 0.25) is 0 Å². The second-order valence-electron chi connectivity index (χ2n) is 4.07. The van der Waals surface area contributed by atoms with Crippen LogP contribution in [-0.2, 0) is 0 Å². The lowest BCUT2D eigenvalue weighted by Gasteiger charge is -2.44. The van der Waals surface area contributed by atoms with E-state index < -0.39 is 9.16 Å².